The Labute approximate surface area is 112 Å². The molecule has 0 aromatic carbocycles. The number of nitrogens with one attached hydrogen (secondary N) is 1. The van der Waals surface area contributed by atoms with E-state index in [1.807, 2.05) is 18.9 Å². The standard InChI is InChI=1S/C13H20N4O2/c1-9(2)12-14-8-10(11(15-12)13(18)19)16-17-6-4-3-5-7-17/h8-9,16H,3-7H2,1-2H3,(H,18,19). The summed E-state index contributed by atoms with van der Waals surface area (Å²) < 4.78 is 0. The molecule has 6 heteroatoms. The zero-order valence-electron chi connectivity index (χ0n) is 11.4. The maximum Gasteiger partial charge on any atom is 0.356 e. The first-order valence-corrected chi connectivity index (χ1v) is 6.69. The molecular formula is C13H20N4O2. The summed E-state index contributed by atoms with van der Waals surface area (Å²) in [4.78, 5) is 19.6. The van der Waals surface area contributed by atoms with Gasteiger partial charge in [0.2, 0.25) is 0 Å². The van der Waals surface area contributed by atoms with Crippen LogP contribution >= 0.6 is 0 Å². The van der Waals surface area contributed by atoms with E-state index in [9.17, 15) is 9.90 Å². The average molecular weight is 264 g/mol. The molecule has 2 rings (SSSR count). The highest BCUT2D eigenvalue weighted by Crippen LogP contribution is 2.18. The fourth-order valence-electron chi connectivity index (χ4n) is 2.09. The third kappa shape index (κ3) is 3.41. The molecule has 1 aliphatic rings. The van der Waals surface area contributed by atoms with Gasteiger partial charge < -0.3 is 10.5 Å². The number of rotatable bonds is 4. The Bertz CT molecular complexity index is 456. The van der Waals surface area contributed by atoms with E-state index in [1.165, 1.54) is 6.42 Å². The van der Waals surface area contributed by atoms with Crippen molar-refractivity contribution < 1.29 is 9.90 Å². The largest absolute Gasteiger partial charge is 0.476 e. The Balaban J connectivity index is 2.21. The number of nitrogens with zero attached hydrogens (tertiary/aromatic N) is 3. The van der Waals surface area contributed by atoms with Gasteiger partial charge in [-0.1, -0.05) is 20.3 Å². The van der Waals surface area contributed by atoms with Crippen LogP contribution in [0, 0.1) is 0 Å². The first kappa shape index (κ1) is 13.7. The van der Waals surface area contributed by atoms with Gasteiger partial charge in [-0.2, -0.15) is 0 Å². The molecule has 0 saturated carbocycles. The molecule has 0 radical (unpaired) electrons. The highest BCUT2D eigenvalue weighted by molar-refractivity contribution is 5.91. The number of carboxylic acid groups (broad SMARTS) is 1. The van der Waals surface area contributed by atoms with Crippen molar-refractivity contribution in [1.29, 1.82) is 0 Å². The monoisotopic (exact) mass is 264 g/mol. The second-order valence-corrected chi connectivity index (χ2v) is 5.11. The van der Waals surface area contributed by atoms with Gasteiger partial charge in [0.15, 0.2) is 5.69 Å². The highest BCUT2D eigenvalue weighted by atomic mass is 16.4. The lowest BCUT2D eigenvalue weighted by Gasteiger charge is -2.28. The second-order valence-electron chi connectivity index (χ2n) is 5.11. The van der Waals surface area contributed by atoms with E-state index in [0.29, 0.717) is 11.5 Å². The minimum Gasteiger partial charge on any atom is -0.476 e. The molecule has 2 heterocycles. The number of aromatic carboxylic acids is 1. The van der Waals surface area contributed by atoms with Gasteiger partial charge in [0.05, 0.1) is 6.20 Å². The summed E-state index contributed by atoms with van der Waals surface area (Å²) in [6.07, 6.45) is 5.05. The number of piperidine rings is 1. The van der Waals surface area contributed by atoms with Crippen LogP contribution in [-0.2, 0) is 0 Å². The van der Waals surface area contributed by atoms with Gasteiger partial charge in [-0.15, -0.1) is 0 Å². The number of anilines is 1. The summed E-state index contributed by atoms with van der Waals surface area (Å²) >= 11 is 0. The van der Waals surface area contributed by atoms with Gasteiger partial charge in [0.1, 0.15) is 11.5 Å². The maximum absolute atomic E-state index is 11.3. The van der Waals surface area contributed by atoms with Crippen LogP contribution in [0.3, 0.4) is 0 Å². The van der Waals surface area contributed by atoms with E-state index in [2.05, 4.69) is 15.4 Å². The van der Waals surface area contributed by atoms with E-state index < -0.39 is 5.97 Å². The van der Waals surface area contributed by atoms with Gasteiger partial charge in [-0.05, 0) is 12.8 Å². The molecule has 0 bridgehead atoms. The molecule has 1 aliphatic heterocycles. The molecule has 1 saturated heterocycles. The van der Waals surface area contributed by atoms with Crippen molar-refractivity contribution in [2.75, 3.05) is 18.5 Å². The third-order valence-corrected chi connectivity index (χ3v) is 3.16. The Hall–Kier alpha value is -1.69. The van der Waals surface area contributed by atoms with E-state index in [0.717, 1.165) is 25.9 Å². The SMILES string of the molecule is CC(C)c1ncc(NN2CCCCC2)c(C(=O)O)n1. The van der Waals surface area contributed by atoms with Crippen LogP contribution in [0.4, 0.5) is 5.69 Å². The molecule has 2 N–H and O–H groups in total. The summed E-state index contributed by atoms with van der Waals surface area (Å²) in [5.74, 6) is -0.354. The Morgan fingerprint density at radius 1 is 1.37 bits per heavy atom. The summed E-state index contributed by atoms with van der Waals surface area (Å²) in [7, 11) is 0. The van der Waals surface area contributed by atoms with Crippen molar-refractivity contribution in [2.24, 2.45) is 0 Å². The zero-order valence-corrected chi connectivity index (χ0v) is 11.4. The first-order chi connectivity index (χ1) is 9.08. The molecule has 19 heavy (non-hydrogen) atoms. The summed E-state index contributed by atoms with van der Waals surface area (Å²) in [6.45, 7) is 5.73. The van der Waals surface area contributed by atoms with Crippen LogP contribution in [0.2, 0.25) is 0 Å². The molecule has 0 atom stereocenters. The number of hydrazine groups is 1. The topological polar surface area (TPSA) is 78.4 Å². The lowest BCUT2D eigenvalue weighted by molar-refractivity contribution is 0.0690. The van der Waals surface area contributed by atoms with Crippen molar-refractivity contribution in [3.63, 3.8) is 0 Å². The van der Waals surface area contributed by atoms with E-state index in [1.54, 1.807) is 6.20 Å². The van der Waals surface area contributed by atoms with Gasteiger partial charge in [-0.3, -0.25) is 0 Å². The van der Waals surface area contributed by atoms with Crippen LogP contribution in [0.1, 0.15) is 55.3 Å². The number of aromatic nitrogens is 2. The number of carboxylic acids is 1. The highest BCUT2D eigenvalue weighted by Gasteiger charge is 2.18. The van der Waals surface area contributed by atoms with Gasteiger partial charge in [0.25, 0.3) is 0 Å². The van der Waals surface area contributed by atoms with Crippen molar-refractivity contribution >= 4 is 11.7 Å². The maximum atomic E-state index is 11.3. The molecular weight excluding hydrogens is 244 g/mol. The molecule has 0 amide bonds. The minimum atomic E-state index is -1.02. The lowest BCUT2D eigenvalue weighted by Crippen LogP contribution is -2.35. The number of hydrogen-bond donors (Lipinski definition) is 2. The predicted octanol–water partition coefficient (Wildman–Crippen LogP) is 2.11. The lowest BCUT2D eigenvalue weighted by atomic mass is 10.2. The Kier molecular flexibility index (Phi) is 4.31. The summed E-state index contributed by atoms with van der Waals surface area (Å²) in [5.41, 5.74) is 3.64. The molecule has 104 valence electrons. The molecule has 1 fully saturated rings. The first-order valence-electron chi connectivity index (χ1n) is 6.69. The van der Waals surface area contributed by atoms with E-state index in [-0.39, 0.29) is 11.6 Å². The molecule has 0 spiro atoms. The predicted molar refractivity (Wildman–Crippen MR) is 72.1 cm³/mol. The molecule has 6 nitrogen and oxygen atoms in total. The van der Waals surface area contributed by atoms with Crippen molar-refractivity contribution in [3.8, 4) is 0 Å². The number of hydrogen-bond acceptors (Lipinski definition) is 5. The van der Waals surface area contributed by atoms with Crippen LogP contribution in [0.15, 0.2) is 6.20 Å². The molecule has 0 aliphatic carbocycles. The fourth-order valence-corrected chi connectivity index (χ4v) is 2.09. The van der Waals surface area contributed by atoms with E-state index in [4.69, 9.17) is 0 Å². The van der Waals surface area contributed by atoms with Gasteiger partial charge in [0, 0.05) is 19.0 Å². The van der Waals surface area contributed by atoms with Crippen LogP contribution in [0.5, 0.6) is 0 Å². The van der Waals surface area contributed by atoms with Crippen molar-refractivity contribution in [1.82, 2.24) is 15.0 Å². The smallest absolute Gasteiger partial charge is 0.356 e. The minimum absolute atomic E-state index is 0.0456. The Morgan fingerprint density at radius 2 is 2.05 bits per heavy atom. The second kappa shape index (κ2) is 5.97. The third-order valence-electron chi connectivity index (χ3n) is 3.16. The van der Waals surface area contributed by atoms with Crippen LogP contribution in [0.25, 0.3) is 0 Å². The van der Waals surface area contributed by atoms with Gasteiger partial charge >= 0.3 is 5.97 Å². The molecule has 1 aromatic rings. The molecule has 1 aromatic heterocycles. The van der Waals surface area contributed by atoms with Crippen LogP contribution in [-0.4, -0.2) is 39.1 Å². The van der Waals surface area contributed by atoms with Crippen LogP contribution < -0.4 is 5.43 Å². The van der Waals surface area contributed by atoms with E-state index >= 15 is 0 Å². The zero-order chi connectivity index (χ0) is 13.8. The van der Waals surface area contributed by atoms with Crippen molar-refractivity contribution in [3.05, 3.63) is 17.7 Å². The van der Waals surface area contributed by atoms with Crippen molar-refractivity contribution in [2.45, 2.75) is 39.0 Å². The number of carbonyl (C=O) groups is 1. The normalized spacial score (nSPS) is 16.6. The Morgan fingerprint density at radius 3 is 2.63 bits per heavy atom. The molecule has 0 unspecified atom stereocenters. The fraction of sp³-hybridized carbons (Fsp3) is 0.615. The summed E-state index contributed by atoms with van der Waals surface area (Å²) in [5, 5.41) is 11.3. The quantitative estimate of drug-likeness (QED) is 0.867. The average Bonchev–Trinajstić information content (AvgIpc) is 2.39. The van der Waals surface area contributed by atoms with Gasteiger partial charge in [-0.25, -0.2) is 19.8 Å². The summed E-state index contributed by atoms with van der Waals surface area (Å²) in [6, 6.07) is 0.